The first kappa shape index (κ1) is 45.6. The molecule has 0 aromatic heterocycles. The van der Waals surface area contributed by atoms with Gasteiger partial charge in [0, 0.05) is 95.1 Å². The van der Waals surface area contributed by atoms with Gasteiger partial charge in [0.25, 0.3) is 0 Å². The number of aliphatic hydroxyl groups is 2. The van der Waals surface area contributed by atoms with E-state index in [1.807, 2.05) is 0 Å². The number of aliphatic hydroxyl groups excluding tert-OH is 2. The van der Waals surface area contributed by atoms with E-state index in [0.717, 1.165) is 60.7 Å². The van der Waals surface area contributed by atoms with E-state index < -0.39 is 145 Å². The standard InChI is InChI=1S/C50H38O21/c51-19-6-28(54)24-13-34(60)48(69-36(24)9-19)23-12-33(59)45(65)41-22(23)3-18(5-32(58)44(41)64)50(67)71-39-15-26-30(56)8-21(53)11-38(26)68-47(39)17-1-16-2-27(42(62)46(66)40(16)43(63)31(57)4-17)49-35(61)14-25-29(55)7-20(52)10-37(25)70-49/h1-12,34-35,39,47-49,51-56,59-62,65-66H,13-15H2,(H,57,63)(H,58,64)/t34-,35+,39+,47+,48-,49+/m1/s1. The zero-order valence-corrected chi connectivity index (χ0v) is 36.1. The minimum atomic E-state index is -1.63. The number of phenols is 10. The van der Waals surface area contributed by atoms with Gasteiger partial charge in [-0.2, -0.15) is 0 Å². The smallest absolute Gasteiger partial charge is 0.338 e. The van der Waals surface area contributed by atoms with Crippen LogP contribution in [0.4, 0.5) is 0 Å². The van der Waals surface area contributed by atoms with Crippen molar-refractivity contribution >= 4 is 27.5 Å². The minimum absolute atomic E-state index is 0.0208. The second-order valence-corrected chi connectivity index (χ2v) is 17.3. The van der Waals surface area contributed by atoms with Crippen LogP contribution in [0.5, 0.6) is 86.2 Å². The van der Waals surface area contributed by atoms with Crippen LogP contribution in [0.3, 0.4) is 0 Å². The van der Waals surface area contributed by atoms with Crippen LogP contribution >= 0.6 is 0 Å². The highest BCUT2D eigenvalue weighted by Crippen LogP contribution is 2.51. The predicted molar refractivity (Wildman–Crippen MR) is 242 cm³/mol. The second-order valence-electron chi connectivity index (χ2n) is 17.3. The second kappa shape index (κ2) is 16.5. The number of hydrogen-bond donors (Lipinski definition) is 14. The lowest BCUT2D eigenvalue weighted by Gasteiger charge is -2.33. The summed E-state index contributed by atoms with van der Waals surface area (Å²) in [7, 11) is 0. The lowest BCUT2D eigenvalue weighted by atomic mass is 9.91. The average molecular weight is 975 g/mol. The summed E-state index contributed by atoms with van der Waals surface area (Å²) in [4.78, 5) is 41.8. The minimum Gasteiger partial charge on any atom is -0.508 e. The third-order valence-corrected chi connectivity index (χ3v) is 12.8. The summed E-state index contributed by atoms with van der Waals surface area (Å²) in [6.07, 6.45) is -10.3. The number of aromatic hydroxyl groups is 12. The third-order valence-electron chi connectivity index (χ3n) is 12.8. The largest absolute Gasteiger partial charge is 0.508 e. The van der Waals surface area contributed by atoms with Crippen molar-refractivity contribution < 1.29 is 95.2 Å². The molecule has 14 N–H and O–H groups in total. The maximum atomic E-state index is 14.5. The third kappa shape index (κ3) is 7.55. The van der Waals surface area contributed by atoms with Gasteiger partial charge in [-0.15, -0.1) is 0 Å². The number of carbonyl (C=O) groups excluding carboxylic acids is 1. The molecule has 21 nitrogen and oxygen atoms in total. The van der Waals surface area contributed by atoms with Gasteiger partial charge in [-0.1, -0.05) is 0 Å². The number of ether oxygens (including phenoxy) is 4. The van der Waals surface area contributed by atoms with Crippen molar-refractivity contribution in [1.82, 2.24) is 0 Å². The van der Waals surface area contributed by atoms with Gasteiger partial charge in [-0.25, -0.2) is 4.79 Å². The summed E-state index contributed by atoms with van der Waals surface area (Å²) in [6, 6.07) is 12.1. The van der Waals surface area contributed by atoms with Crippen LogP contribution in [0, 0.1) is 0 Å². The van der Waals surface area contributed by atoms with Crippen molar-refractivity contribution in [2.45, 2.75) is 55.9 Å². The molecule has 0 radical (unpaired) electrons. The summed E-state index contributed by atoms with van der Waals surface area (Å²) >= 11 is 0. The first-order chi connectivity index (χ1) is 33.7. The van der Waals surface area contributed by atoms with Crippen LogP contribution < -0.4 is 25.1 Å². The molecule has 0 bridgehead atoms. The lowest BCUT2D eigenvalue weighted by molar-refractivity contribution is -0.0187. The molecule has 0 fully saturated rings. The summed E-state index contributed by atoms with van der Waals surface area (Å²) in [5.41, 5.74) is -3.58. The van der Waals surface area contributed by atoms with E-state index in [-0.39, 0.29) is 74.2 Å². The molecule has 3 aliphatic heterocycles. The van der Waals surface area contributed by atoms with Crippen LogP contribution in [0.15, 0.2) is 82.4 Å². The predicted octanol–water partition coefficient (Wildman–Crippen LogP) is 4.16. The monoisotopic (exact) mass is 974 g/mol. The van der Waals surface area contributed by atoms with E-state index >= 15 is 0 Å². The van der Waals surface area contributed by atoms with E-state index in [4.69, 9.17) is 18.9 Å². The van der Waals surface area contributed by atoms with E-state index in [1.165, 1.54) is 6.07 Å². The zero-order chi connectivity index (χ0) is 50.6. The van der Waals surface area contributed by atoms with Gasteiger partial charge in [0.15, 0.2) is 52.8 Å². The van der Waals surface area contributed by atoms with E-state index in [2.05, 4.69) is 0 Å². The Morgan fingerprint density at radius 2 is 0.958 bits per heavy atom. The van der Waals surface area contributed by atoms with Crippen LogP contribution in [-0.2, 0) is 24.0 Å². The van der Waals surface area contributed by atoms with Gasteiger partial charge in [-0.05, 0) is 41.1 Å². The van der Waals surface area contributed by atoms with Crippen LogP contribution in [0.1, 0.15) is 62.1 Å². The summed E-state index contributed by atoms with van der Waals surface area (Å²) < 4.78 is 24.1. The molecule has 0 aliphatic carbocycles. The molecule has 0 spiro atoms. The molecule has 3 aliphatic rings. The van der Waals surface area contributed by atoms with Gasteiger partial charge in [-0.3, -0.25) is 9.59 Å². The number of rotatable bonds is 5. The molecular weight excluding hydrogens is 937 g/mol. The van der Waals surface area contributed by atoms with E-state index in [1.54, 1.807) is 0 Å². The Kier molecular flexibility index (Phi) is 10.6. The maximum absolute atomic E-state index is 14.5. The number of benzene rings is 5. The van der Waals surface area contributed by atoms with Crippen LogP contribution in [0.25, 0.3) is 21.5 Å². The molecule has 71 heavy (non-hydrogen) atoms. The number of hydrogen-bond acceptors (Lipinski definition) is 21. The highest BCUT2D eigenvalue weighted by molar-refractivity contribution is 6.01. The highest BCUT2D eigenvalue weighted by atomic mass is 16.6. The molecule has 21 heteroatoms. The number of carbonyl (C=O) groups is 1. The Hall–Kier alpha value is -9.21. The van der Waals surface area contributed by atoms with Crippen molar-refractivity contribution in [1.29, 1.82) is 0 Å². The fourth-order valence-corrected chi connectivity index (χ4v) is 9.48. The Bertz CT molecular complexity index is 3590. The molecule has 0 unspecified atom stereocenters. The van der Waals surface area contributed by atoms with Gasteiger partial charge in [0.1, 0.15) is 57.8 Å². The molecule has 0 saturated heterocycles. The number of esters is 1. The van der Waals surface area contributed by atoms with Crippen molar-refractivity contribution in [3.63, 3.8) is 0 Å². The molecular formula is C50H38O21. The molecule has 7 aromatic carbocycles. The molecule has 7 aromatic rings. The zero-order valence-electron chi connectivity index (χ0n) is 36.1. The maximum Gasteiger partial charge on any atom is 0.338 e. The molecule has 3 heterocycles. The van der Waals surface area contributed by atoms with Crippen molar-refractivity contribution in [3.05, 3.63) is 132 Å². The van der Waals surface area contributed by atoms with Crippen molar-refractivity contribution in [2.24, 2.45) is 0 Å². The first-order valence-electron chi connectivity index (χ1n) is 21.4. The summed E-state index contributed by atoms with van der Waals surface area (Å²) in [6.45, 7) is 0. The Morgan fingerprint density at radius 1 is 0.465 bits per heavy atom. The van der Waals surface area contributed by atoms with Crippen molar-refractivity contribution in [2.75, 3.05) is 0 Å². The average Bonchev–Trinajstić information content (AvgIpc) is 3.52. The molecule has 6 atom stereocenters. The fourth-order valence-electron chi connectivity index (χ4n) is 9.48. The van der Waals surface area contributed by atoms with Gasteiger partial charge in [0.05, 0.1) is 28.5 Å². The quantitative estimate of drug-likeness (QED) is 0.0850. The highest BCUT2D eigenvalue weighted by Gasteiger charge is 2.40. The molecule has 0 saturated carbocycles. The van der Waals surface area contributed by atoms with Crippen LogP contribution in [-0.4, -0.2) is 95.8 Å². The number of fused-ring (bicyclic) bond motifs is 5. The Balaban J connectivity index is 1.10. The van der Waals surface area contributed by atoms with Crippen LogP contribution in [0.2, 0.25) is 0 Å². The molecule has 364 valence electrons. The Morgan fingerprint density at radius 3 is 1.52 bits per heavy atom. The lowest BCUT2D eigenvalue weighted by Crippen LogP contribution is -2.35. The van der Waals surface area contributed by atoms with E-state index in [9.17, 15) is 85.9 Å². The summed E-state index contributed by atoms with van der Waals surface area (Å²) in [5, 5.41) is 150. The van der Waals surface area contributed by atoms with Gasteiger partial charge >= 0.3 is 5.97 Å². The normalized spacial score (nSPS) is 20.1. The first-order valence-corrected chi connectivity index (χ1v) is 21.4. The van der Waals surface area contributed by atoms with Crippen molar-refractivity contribution in [3.8, 4) is 86.2 Å². The SMILES string of the molecule is O=C(O[C@H]1Cc2c(O)cc(O)cc2O[C@H]1c1cc(=O)c(O)c2c(O)c(O)c([C@@H]3Oc4cc(O)cc(O)c4C[C@@H]3O)cc2c1)c1cc(=O)c(O)c2c(O)c(O)cc([C@H]3Oc4cc(O)cc(O)c4C[C@H]3O)c2c1. The topological polar surface area (TPSA) is 371 Å². The fraction of sp³-hybridized carbons (Fsp3) is 0.180. The molecule has 10 rings (SSSR count). The molecule has 0 amide bonds. The van der Waals surface area contributed by atoms with Gasteiger partial charge < -0.3 is 90.4 Å². The summed E-state index contributed by atoms with van der Waals surface area (Å²) in [5.74, 6) is -10.4. The van der Waals surface area contributed by atoms with E-state index in [0.29, 0.717) is 6.07 Å². The Labute approximate surface area is 396 Å². The van der Waals surface area contributed by atoms with Gasteiger partial charge in [0.2, 0.25) is 10.9 Å². The number of phenolic OH excluding ortho intramolecular Hbond substituents is 10.